The van der Waals surface area contributed by atoms with E-state index in [0.29, 0.717) is 27.7 Å². The van der Waals surface area contributed by atoms with Gasteiger partial charge in [-0.2, -0.15) is 31.3 Å². The van der Waals surface area contributed by atoms with Gasteiger partial charge in [0.1, 0.15) is 6.61 Å². The average molecular weight is 616 g/mol. The van der Waals surface area contributed by atoms with Crippen LogP contribution in [0.1, 0.15) is 48.9 Å². The molecule has 0 bridgehead atoms. The summed E-state index contributed by atoms with van der Waals surface area (Å²) in [6, 6.07) is 6.58. The molecule has 0 unspecified atom stereocenters. The molecule has 0 radical (unpaired) electrons. The average Bonchev–Trinajstić information content (AvgIpc) is 3.31. The Bertz CT molecular complexity index is 1350. The molecule has 1 amide bonds. The van der Waals surface area contributed by atoms with Gasteiger partial charge in [-0.05, 0) is 60.5 Å². The van der Waals surface area contributed by atoms with Crippen LogP contribution in [0.25, 0.3) is 6.08 Å². The summed E-state index contributed by atoms with van der Waals surface area (Å²) >= 11 is 1.28. The maximum Gasteiger partial charge on any atom is 0.416 e. The lowest BCUT2D eigenvalue weighted by Crippen LogP contribution is -2.51. The van der Waals surface area contributed by atoms with Gasteiger partial charge >= 0.3 is 12.4 Å². The smallest absolute Gasteiger partial charge is 0.416 e. The molecule has 2 heterocycles. The molecule has 2 aliphatic rings. The zero-order valence-corrected chi connectivity index (χ0v) is 24.1. The molecule has 0 saturated carbocycles. The fourth-order valence-electron chi connectivity index (χ4n) is 4.96. The van der Waals surface area contributed by atoms with Gasteiger partial charge in [-0.3, -0.25) is 9.69 Å². The number of ether oxygens (including phenoxy) is 2. The number of aliphatic imine (C=N–C) groups is 1. The van der Waals surface area contributed by atoms with Crippen molar-refractivity contribution in [1.29, 1.82) is 0 Å². The van der Waals surface area contributed by atoms with E-state index in [2.05, 4.69) is 28.6 Å². The first-order valence-corrected chi connectivity index (χ1v) is 14.2. The van der Waals surface area contributed by atoms with Gasteiger partial charge in [0.2, 0.25) is 0 Å². The summed E-state index contributed by atoms with van der Waals surface area (Å²) < 4.78 is 90.3. The van der Waals surface area contributed by atoms with Crippen LogP contribution in [0.3, 0.4) is 0 Å². The van der Waals surface area contributed by atoms with Crippen LogP contribution in [-0.2, 0) is 23.8 Å². The van der Waals surface area contributed by atoms with E-state index in [0.717, 1.165) is 45.1 Å². The Morgan fingerprint density at radius 3 is 2.24 bits per heavy atom. The summed E-state index contributed by atoms with van der Waals surface area (Å²) in [6.45, 7) is 7.08. The molecule has 4 rings (SSSR count). The standard InChI is InChI=1S/C29H31F6N3O3S/c1-4-21(5-2)37-10-12-38(13-11-37)27-36-26(39)25(42-27)15-18-6-9-23(24(14-18)40-3)41-17-19-7-8-20(28(30,31)32)16-22(19)29(33,34)35/h6-9,14-16,21H,4-5,10-13,17H2,1-3H3. The number of benzene rings is 2. The van der Waals surface area contributed by atoms with Crippen LogP contribution in [0, 0.1) is 0 Å². The molecule has 1 fully saturated rings. The molecule has 2 aromatic rings. The first kappa shape index (κ1) is 31.7. The van der Waals surface area contributed by atoms with Crippen molar-refractivity contribution >= 4 is 28.9 Å². The zero-order chi connectivity index (χ0) is 30.7. The first-order chi connectivity index (χ1) is 19.8. The zero-order valence-electron chi connectivity index (χ0n) is 23.3. The van der Waals surface area contributed by atoms with Crippen LogP contribution in [-0.4, -0.2) is 60.2 Å². The third kappa shape index (κ3) is 7.41. The molecule has 0 spiro atoms. The van der Waals surface area contributed by atoms with Gasteiger partial charge < -0.3 is 14.4 Å². The SMILES string of the molecule is CCC(CC)N1CCN(C2=NC(=O)C(=Cc3ccc(OCc4ccc(C(F)(F)F)cc4C(F)(F)F)c(OC)c3)S2)CC1. The molecule has 13 heteroatoms. The van der Waals surface area contributed by atoms with Crippen molar-refractivity contribution < 1.29 is 40.6 Å². The number of piperazine rings is 1. The normalized spacial score (nSPS) is 17.8. The van der Waals surface area contributed by atoms with Gasteiger partial charge in [0.25, 0.3) is 5.91 Å². The molecule has 2 aliphatic heterocycles. The highest BCUT2D eigenvalue weighted by Crippen LogP contribution is 2.39. The molecule has 1 saturated heterocycles. The van der Waals surface area contributed by atoms with Crippen LogP contribution in [0.5, 0.6) is 11.5 Å². The van der Waals surface area contributed by atoms with Gasteiger partial charge in [0.05, 0.1) is 23.1 Å². The molecule has 0 N–H and O–H groups in total. The quantitative estimate of drug-likeness (QED) is 0.234. The summed E-state index contributed by atoms with van der Waals surface area (Å²) in [4.78, 5) is 21.9. The van der Waals surface area contributed by atoms with Crippen molar-refractivity contribution in [3.63, 3.8) is 0 Å². The van der Waals surface area contributed by atoms with Crippen molar-refractivity contribution in [2.75, 3.05) is 33.3 Å². The van der Waals surface area contributed by atoms with Crippen molar-refractivity contribution in [3.8, 4) is 11.5 Å². The van der Waals surface area contributed by atoms with Gasteiger partial charge in [-0.25, -0.2) is 0 Å². The highest BCUT2D eigenvalue weighted by molar-refractivity contribution is 8.18. The second-order valence-electron chi connectivity index (χ2n) is 9.87. The molecule has 6 nitrogen and oxygen atoms in total. The minimum atomic E-state index is -5.01. The Kier molecular flexibility index (Phi) is 9.81. The van der Waals surface area contributed by atoms with E-state index in [1.807, 2.05) is 0 Å². The summed E-state index contributed by atoms with van der Waals surface area (Å²) in [5, 5.41) is 0.652. The number of hydrogen-bond donors (Lipinski definition) is 0. The molecule has 0 aliphatic carbocycles. The highest BCUT2D eigenvalue weighted by atomic mass is 32.2. The molecule has 0 aromatic heterocycles. The Balaban J connectivity index is 1.44. The van der Waals surface area contributed by atoms with Gasteiger partial charge in [0, 0.05) is 37.8 Å². The summed E-state index contributed by atoms with van der Waals surface area (Å²) in [5.41, 5.74) is -2.70. The Hall–Kier alpha value is -3.19. The van der Waals surface area contributed by atoms with Crippen molar-refractivity contribution in [3.05, 3.63) is 63.6 Å². The topological polar surface area (TPSA) is 54.4 Å². The number of alkyl halides is 6. The van der Waals surface area contributed by atoms with E-state index >= 15 is 0 Å². The summed E-state index contributed by atoms with van der Waals surface area (Å²) in [6.07, 6.45) is -6.09. The number of amidine groups is 1. The van der Waals surface area contributed by atoms with Gasteiger partial charge in [0.15, 0.2) is 16.7 Å². The lowest BCUT2D eigenvalue weighted by Gasteiger charge is -2.39. The molecule has 42 heavy (non-hydrogen) atoms. The number of thioether (sulfide) groups is 1. The molecular formula is C29H31F6N3O3S. The summed E-state index contributed by atoms with van der Waals surface area (Å²) in [7, 11) is 1.34. The molecule has 0 atom stereocenters. The first-order valence-electron chi connectivity index (χ1n) is 13.4. The number of carbonyl (C=O) groups is 1. The van der Waals surface area contributed by atoms with Crippen molar-refractivity contribution in [2.45, 2.75) is 51.7 Å². The lowest BCUT2D eigenvalue weighted by atomic mass is 10.0. The van der Waals surface area contributed by atoms with Crippen LogP contribution in [0.15, 0.2) is 46.3 Å². The number of methoxy groups -OCH3 is 1. The van der Waals surface area contributed by atoms with E-state index in [1.54, 1.807) is 18.2 Å². The second-order valence-corrected chi connectivity index (χ2v) is 10.9. The maximum atomic E-state index is 13.5. The van der Waals surface area contributed by atoms with E-state index in [1.165, 1.54) is 24.9 Å². The van der Waals surface area contributed by atoms with Gasteiger partial charge in [-0.15, -0.1) is 0 Å². The number of amides is 1. The number of rotatable bonds is 8. The number of carbonyl (C=O) groups excluding carboxylic acids is 1. The number of hydrogen-bond acceptors (Lipinski definition) is 6. The predicted molar refractivity (Wildman–Crippen MR) is 149 cm³/mol. The van der Waals surface area contributed by atoms with Crippen LogP contribution < -0.4 is 9.47 Å². The van der Waals surface area contributed by atoms with E-state index in [-0.39, 0.29) is 23.5 Å². The minimum Gasteiger partial charge on any atom is -0.493 e. The maximum absolute atomic E-state index is 13.5. The fraction of sp³-hybridized carbons (Fsp3) is 0.448. The minimum absolute atomic E-state index is 0.0742. The predicted octanol–water partition coefficient (Wildman–Crippen LogP) is 7.09. The fourth-order valence-corrected chi connectivity index (χ4v) is 5.92. The number of halogens is 6. The van der Waals surface area contributed by atoms with E-state index < -0.39 is 35.6 Å². The lowest BCUT2D eigenvalue weighted by molar-refractivity contribution is -0.143. The largest absolute Gasteiger partial charge is 0.493 e. The van der Waals surface area contributed by atoms with Crippen LogP contribution >= 0.6 is 11.8 Å². The monoisotopic (exact) mass is 615 g/mol. The van der Waals surface area contributed by atoms with Crippen LogP contribution in [0.4, 0.5) is 26.3 Å². The Morgan fingerprint density at radius 2 is 1.64 bits per heavy atom. The van der Waals surface area contributed by atoms with Gasteiger partial charge in [-0.1, -0.05) is 26.0 Å². The highest BCUT2D eigenvalue weighted by Gasteiger charge is 2.38. The van der Waals surface area contributed by atoms with Crippen LogP contribution in [0.2, 0.25) is 0 Å². The third-order valence-corrected chi connectivity index (χ3v) is 8.31. The number of nitrogens with zero attached hydrogens (tertiary/aromatic N) is 3. The van der Waals surface area contributed by atoms with Crippen molar-refractivity contribution in [1.82, 2.24) is 9.80 Å². The van der Waals surface area contributed by atoms with E-state index in [4.69, 9.17) is 9.47 Å². The third-order valence-electron chi connectivity index (χ3n) is 7.26. The van der Waals surface area contributed by atoms with E-state index in [9.17, 15) is 31.1 Å². The Morgan fingerprint density at radius 1 is 0.952 bits per heavy atom. The molecule has 2 aromatic carbocycles. The molecular weight excluding hydrogens is 584 g/mol. The summed E-state index contributed by atoms with van der Waals surface area (Å²) in [5.74, 6) is -0.0945. The second kappa shape index (κ2) is 13.0. The molecule has 228 valence electrons. The van der Waals surface area contributed by atoms with Crippen molar-refractivity contribution in [2.24, 2.45) is 4.99 Å². The Labute approximate surface area is 244 Å².